The maximum absolute atomic E-state index is 13.3. The van der Waals surface area contributed by atoms with Gasteiger partial charge >= 0.3 is 0 Å². The van der Waals surface area contributed by atoms with Crippen molar-refractivity contribution in [1.29, 1.82) is 0 Å². The monoisotopic (exact) mass is 252 g/mol. The number of aromatic nitrogens is 1. The van der Waals surface area contributed by atoms with E-state index in [1.807, 2.05) is 0 Å². The summed E-state index contributed by atoms with van der Waals surface area (Å²) >= 11 is 0. The molecule has 0 aliphatic heterocycles. The van der Waals surface area contributed by atoms with Crippen molar-refractivity contribution in [2.24, 2.45) is 0 Å². The molecule has 1 unspecified atom stereocenters. The van der Waals surface area contributed by atoms with E-state index in [0.717, 1.165) is 31.4 Å². The first-order chi connectivity index (χ1) is 8.69. The van der Waals surface area contributed by atoms with E-state index in [1.54, 1.807) is 19.4 Å². The third-order valence-electron chi connectivity index (χ3n) is 3.85. The maximum Gasteiger partial charge on any atom is 0.141 e. The van der Waals surface area contributed by atoms with Crippen molar-refractivity contribution >= 4 is 0 Å². The normalized spacial score (nSPS) is 19.3. The molecule has 0 spiro atoms. The van der Waals surface area contributed by atoms with Crippen LogP contribution in [0.5, 0.6) is 0 Å². The van der Waals surface area contributed by atoms with E-state index in [0.29, 0.717) is 0 Å². The van der Waals surface area contributed by atoms with Gasteiger partial charge in [-0.3, -0.25) is 4.98 Å². The van der Waals surface area contributed by atoms with Crippen LogP contribution in [0.1, 0.15) is 44.2 Å². The van der Waals surface area contributed by atoms with Gasteiger partial charge in [0.2, 0.25) is 0 Å². The van der Waals surface area contributed by atoms with E-state index < -0.39 is 0 Å². The molecule has 0 amide bonds. The number of rotatable bonds is 6. The van der Waals surface area contributed by atoms with E-state index in [9.17, 15) is 4.39 Å². The Labute approximate surface area is 108 Å². The van der Waals surface area contributed by atoms with Gasteiger partial charge in [0.25, 0.3) is 0 Å². The Balaban J connectivity index is 2.12. The lowest BCUT2D eigenvalue weighted by molar-refractivity contribution is -0.0837. The van der Waals surface area contributed by atoms with Crippen molar-refractivity contribution in [3.05, 3.63) is 29.8 Å². The molecule has 4 heteroatoms. The Kier molecular flexibility index (Phi) is 4.30. The van der Waals surface area contributed by atoms with Gasteiger partial charge in [0.05, 0.1) is 11.8 Å². The Morgan fingerprint density at radius 3 is 2.78 bits per heavy atom. The zero-order valence-electron chi connectivity index (χ0n) is 11.1. The molecule has 0 bridgehead atoms. The minimum atomic E-state index is -0.282. The fourth-order valence-corrected chi connectivity index (χ4v) is 2.61. The van der Waals surface area contributed by atoms with Crippen LogP contribution in [0, 0.1) is 5.82 Å². The predicted molar refractivity (Wildman–Crippen MR) is 68.8 cm³/mol. The zero-order chi connectivity index (χ0) is 13.0. The standard InChI is InChI=1S/C14H21FN2O/c1-3-17-13(8-14(18-2)5-4-6-14)11-7-12(15)10-16-9-11/h7,9-10,13,17H,3-6,8H2,1-2H3. The fraction of sp³-hybridized carbons (Fsp3) is 0.643. The summed E-state index contributed by atoms with van der Waals surface area (Å²) in [7, 11) is 1.77. The number of pyridine rings is 1. The SMILES string of the molecule is CCNC(CC1(OC)CCC1)c1cncc(F)c1. The minimum absolute atomic E-state index is 0.0286. The first-order valence-electron chi connectivity index (χ1n) is 6.58. The number of nitrogens with one attached hydrogen (secondary N) is 1. The summed E-state index contributed by atoms with van der Waals surface area (Å²) in [6.45, 7) is 2.90. The molecule has 100 valence electrons. The topological polar surface area (TPSA) is 34.1 Å². The summed E-state index contributed by atoms with van der Waals surface area (Å²) in [5, 5.41) is 3.40. The highest BCUT2D eigenvalue weighted by Gasteiger charge is 2.39. The second-order valence-electron chi connectivity index (χ2n) is 4.99. The number of hydrogen-bond acceptors (Lipinski definition) is 3. The number of nitrogens with zero attached hydrogens (tertiary/aromatic N) is 1. The number of hydrogen-bond donors (Lipinski definition) is 1. The van der Waals surface area contributed by atoms with Gasteiger partial charge in [-0.15, -0.1) is 0 Å². The lowest BCUT2D eigenvalue weighted by atomic mass is 9.75. The van der Waals surface area contributed by atoms with E-state index in [2.05, 4.69) is 17.2 Å². The highest BCUT2D eigenvalue weighted by atomic mass is 19.1. The van der Waals surface area contributed by atoms with Crippen LogP contribution in [-0.2, 0) is 4.74 Å². The molecule has 3 nitrogen and oxygen atoms in total. The molecule has 1 saturated carbocycles. The summed E-state index contributed by atoms with van der Waals surface area (Å²) in [4.78, 5) is 3.93. The average Bonchev–Trinajstić information content (AvgIpc) is 2.32. The minimum Gasteiger partial charge on any atom is -0.378 e. The lowest BCUT2D eigenvalue weighted by Crippen LogP contribution is -2.42. The third-order valence-corrected chi connectivity index (χ3v) is 3.85. The summed E-state index contributed by atoms with van der Waals surface area (Å²) in [6.07, 6.45) is 7.25. The Bertz CT molecular complexity index is 388. The molecule has 1 aromatic rings. The summed E-state index contributed by atoms with van der Waals surface area (Å²) in [6, 6.07) is 1.67. The van der Waals surface area contributed by atoms with E-state index in [-0.39, 0.29) is 17.5 Å². The molecular weight excluding hydrogens is 231 g/mol. The summed E-state index contributed by atoms with van der Waals surface area (Å²) in [5.74, 6) is -0.282. The molecule has 1 fully saturated rings. The largest absolute Gasteiger partial charge is 0.378 e. The van der Waals surface area contributed by atoms with Crippen LogP contribution in [0.2, 0.25) is 0 Å². The van der Waals surface area contributed by atoms with Crippen molar-refractivity contribution in [2.45, 2.75) is 44.2 Å². The third kappa shape index (κ3) is 2.87. The molecule has 1 aliphatic rings. The van der Waals surface area contributed by atoms with E-state index in [4.69, 9.17) is 4.74 Å². The van der Waals surface area contributed by atoms with Crippen LogP contribution in [0.4, 0.5) is 4.39 Å². The molecular formula is C14H21FN2O. The number of halogens is 1. The average molecular weight is 252 g/mol. The first kappa shape index (κ1) is 13.4. The van der Waals surface area contributed by atoms with E-state index in [1.165, 1.54) is 12.6 Å². The predicted octanol–water partition coefficient (Wildman–Crippen LogP) is 2.83. The Morgan fingerprint density at radius 2 is 2.28 bits per heavy atom. The van der Waals surface area contributed by atoms with E-state index >= 15 is 0 Å². The molecule has 0 aromatic carbocycles. The van der Waals surface area contributed by atoms with Gasteiger partial charge in [0, 0.05) is 19.3 Å². The molecule has 1 heterocycles. The number of ether oxygens (including phenoxy) is 1. The molecule has 0 radical (unpaired) electrons. The van der Waals surface area contributed by atoms with Crippen LogP contribution < -0.4 is 5.32 Å². The highest BCUT2D eigenvalue weighted by Crippen LogP contribution is 2.41. The lowest BCUT2D eigenvalue weighted by Gasteiger charge is -2.43. The maximum atomic E-state index is 13.3. The van der Waals surface area contributed by atoms with Crippen molar-refractivity contribution in [1.82, 2.24) is 10.3 Å². The molecule has 18 heavy (non-hydrogen) atoms. The smallest absolute Gasteiger partial charge is 0.141 e. The highest BCUT2D eigenvalue weighted by molar-refractivity contribution is 5.16. The first-order valence-corrected chi connectivity index (χ1v) is 6.58. The Morgan fingerprint density at radius 1 is 1.50 bits per heavy atom. The van der Waals surface area contributed by atoms with Gasteiger partial charge in [0.1, 0.15) is 5.82 Å². The summed E-state index contributed by atoms with van der Waals surface area (Å²) < 4.78 is 18.9. The second-order valence-corrected chi connectivity index (χ2v) is 4.99. The van der Waals surface area contributed by atoms with Crippen LogP contribution in [0.25, 0.3) is 0 Å². The van der Waals surface area contributed by atoms with Crippen molar-refractivity contribution < 1.29 is 9.13 Å². The van der Waals surface area contributed by atoms with Gasteiger partial charge < -0.3 is 10.1 Å². The summed E-state index contributed by atoms with van der Waals surface area (Å²) in [5.41, 5.74) is 0.874. The van der Waals surface area contributed by atoms with Crippen LogP contribution >= 0.6 is 0 Å². The van der Waals surface area contributed by atoms with Crippen LogP contribution in [0.15, 0.2) is 18.5 Å². The quantitative estimate of drug-likeness (QED) is 0.845. The van der Waals surface area contributed by atoms with Crippen molar-refractivity contribution in [3.8, 4) is 0 Å². The molecule has 1 N–H and O–H groups in total. The van der Waals surface area contributed by atoms with Crippen molar-refractivity contribution in [2.75, 3.05) is 13.7 Å². The molecule has 1 aromatic heterocycles. The molecule has 1 aliphatic carbocycles. The van der Waals surface area contributed by atoms with Crippen molar-refractivity contribution in [3.63, 3.8) is 0 Å². The molecule has 1 atom stereocenters. The Hall–Kier alpha value is -1.00. The van der Waals surface area contributed by atoms with Crippen LogP contribution in [-0.4, -0.2) is 24.2 Å². The molecule has 0 saturated heterocycles. The van der Waals surface area contributed by atoms with Gasteiger partial charge in [-0.05, 0) is 43.9 Å². The molecule has 2 rings (SSSR count). The van der Waals surface area contributed by atoms with Crippen LogP contribution in [0.3, 0.4) is 0 Å². The van der Waals surface area contributed by atoms with Gasteiger partial charge in [0.15, 0.2) is 0 Å². The fourth-order valence-electron chi connectivity index (χ4n) is 2.61. The number of methoxy groups -OCH3 is 1. The van der Waals surface area contributed by atoms with Gasteiger partial charge in [-0.1, -0.05) is 6.92 Å². The zero-order valence-corrected chi connectivity index (χ0v) is 11.1. The van der Waals surface area contributed by atoms with Gasteiger partial charge in [-0.2, -0.15) is 0 Å². The second kappa shape index (κ2) is 5.76. The van der Waals surface area contributed by atoms with Gasteiger partial charge in [-0.25, -0.2) is 4.39 Å².